The third-order valence-corrected chi connectivity index (χ3v) is 4.18. The van der Waals surface area contributed by atoms with Gasteiger partial charge in [0.25, 0.3) is 5.69 Å². The van der Waals surface area contributed by atoms with Crippen LogP contribution >= 0.6 is 23.2 Å². The first-order valence-electron chi connectivity index (χ1n) is 7.40. The predicted molar refractivity (Wildman–Crippen MR) is 101 cm³/mol. The van der Waals surface area contributed by atoms with Crippen molar-refractivity contribution in [1.29, 1.82) is 5.26 Å². The van der Waals surface area contributed by atoms with Crippen molar-refractivity contribution in [2.75, 3.05) is 0 Å². The molecule has 3 aromatic rings. The van der Waals surface area contributed by atoms with Gasteiger partial charge in [-0.1, -0.05) is 23.2 Å². The molecule has 0 aliphatic rings. The number of rotatable bonds is 4. The SMILES string of the molecule is N#C/C(=C/c1ccc(-c2cc(Cl)ccc2Cl)o1)c1ccc([N+](=O)[O-])cc1. The van der Waals surface area contributed by atoms with Gasteiger partial charge in [0.05, 0.1) is 21.6 Å². The first-order valence-corrected chi connectivity index (χ1v) is 8.15. The standard InChI is InChI=1S/C19H10Cl2N2O3/c20-14-3-7-18(21)17(10-14)19-8-6-16(26-19)9-13(11-22)12-1-4-15(5-2-12)23(24)25/h1-10H/b13-9-. The normalized spacial score (nSPS) is 11.2. The Labute approximate surface area is 158 Å². The lowest BCUT2D eigenvalue weighted by atomic mass is 10.1. The summed E-state index contributed by atoms with van der Waals surface area (Å²) in [5.41, 5.74) is 1.48. The van der Waals surface area contributed by atoms with Crippen LogP contribution in [0.1, 0.15) is 11.3 Å². The van der Waals surface area contributed by atoms with Crippen LogP contribution in [-0.4, -0.2) is 4.92 Å². The molecule has 0 amide bonds. The summed E-state index contributed by atoms with van der Waals surface area (Å²) >= 11 is 12.2. The van der Waals surface area contributed by atoms with Gasteiger partial charge in [-0.25, -0.2) is 0 Å². The van der Waals surface area contributed by atoms with E-state index in [0.29, 0.717) is 38.3 Å². The van der Waals surface area contributed by atoms with Gasteiger partial charge in [0.15, 0.2) is 0 Å². The first-order chi connectivity index (χ1) is 12.5. The number of non-ortho nitro benzene ring substituents is 1. The lowest BCUT2D eigenvalue weighted by Gasteiger charge is -2.01. The Bertz CT molecular complexity index is 1050. The Hall–Kier alpha value is -3.07. The van der Waals surface area contributed by atoms with Crippen molar-refractivity contribution >= 4 is 40.5 Å². The maximum Gasteiger partial charge on any atom is 0.269 e. The minimum Gasteiger partial charge on any atom is -0.457 e. The molecular formula is C19H10Cl2N2O3. The molecule has 0 aliphatic carbocycles. The number of nitrogens with zero attached hydrogens (tertiary/aromatic N) is 2. The molecule has 0 spiro atoms. The average molecular weight is 385 g/mol. The molecule has 5 nitrogen and oxygen atoms in total. The zero-order chi connectivity index (χ0) is 18.7. The molecule has 0 saturated heterocycles. The van der Waals surface area contributed by atoms with Crippen LogP contribution < -0.4 is 0 Å². The highest BCUT2D eigenvalue weighted by Crippen LogP contribution is 2.32. The van der Waals surface area contributed by atoms with Gasteiger partial charge < -0.3 is 4.42 Å². The van der Waals surface area contributed by atoms with Crippen LogP contribution in [-0.2, 0) is 0 Å². The smallest absolute Gasteiger partial charge is 0.269 e. The Morgan fingerprint density at radius 1 is 1.12 bits per heavy atom. The molecule has 2 aromatic carbocycles. The molecule has 0 aliphatic heterocycles. The number of halogens is 2. The molecule has 0 saturated carbocycles. The summed E-state index contributed by atoms with van der Waals surface area (Å²) < 4.78 is 5.74. The monoisotopic (exact) mass is 384 g/mol. The molecule has 1 heterocycles. The third kappa shape index (κ3) is 3.77. The van der Waals surface area contributed by atoms with E-state index in [1.165, 1.54) is 24.3 Å². The average Bonchev–Trinajstić information content (AvgIpc) is 3.10. The molecule has 0 N–H and O–H groups in total. The van der Waals surface area contributed by atoms with Crippen LogP contribution in [0.3, 0.4) is 0 Å². The molecule has 1 aromatic heterocycles. The molecule has 7 heteroatoms. The Morgan fingerprint density at radius 3 is 2.50 bits per heavy atom. The highest BCUT2D eigenvalue weighted by atomic mass is 35.5. The van der Waals surface area contributed by atoms with Crippen molar-refractivity contribution < 1.29 is 9.34 Å². The number of nitro benzene ring substituents is 1. The molecule has 3 rings (SSSR count). The summed E-state index contributed by atoms with van der Waals surface area (Å²) in [7, 11) is 0. The largest absolute Gasteiger partial charge is 0.457 e. The molecular weight excluding hydrogens is 375 g/mol. The highest BCUT2D eigenvalue weighted by Gasteiger charge is 2.11. The second-order valence-corrected chi connectivity index (χ2v) is 6.14. The number of nitriles is 1. The maximum absolute atomic E-state index is 10.7. The van der Waals surface area contributed by atoms with Crippen LogP contribution in [0.2, 0.25) is 10.0 Å². The predicted octanol–water partition coefficient (Wildman–Crippen LogP) is 6.23. The van der Waals surface area contributed by atoms with Gasteiger partial charge in [0.2, 0.25) is 0 Å². The van der Waals surface area contributed by atoms with E-state index >= 15 is 0 Å². The second-order valence-electron chi connectivity index (χ2n) is 5.30. The summed E-state index contributed by atoms with van der Waals surface area (Å²) in [6.45, 7) is 0. The second kappa shape index (κ2) is 7.44. The number of hydrogen-bond acceptors (Lipinski definition) is 4. The molecule has 0 radical (unpaired) electrons. The van der Waals surface area contributed by atoms with Gasteiger partial charge in [-0.05, 0) is 54.1 Å². The van der Waals surface area contributed by atoms with E-state index in [-0.39, 0.29) is 5.69 Å². The molecule has 0 fully saturated rings. The van der Waals surface area contributed by atoms with Gasteiger partial charge in [-0.2, -0.15) is 5.26 Å². The van der Waals surface area contributed by atoms with Gasteiger partial charge in [-0.3, -0.25) is 10.1 Å². The summed E-state index contributed by atoms with van der Waals surface area (Å²) in [5.74, 6) is 0.968. The van der Waals surface area contributed by atoms with Crippen molar-refractivity contribution in [3.05, 3.63) is 86.1 Å². The fourth-order valence-electron chi connectivity index (χ4n) is 2.35. The van der Waals surface area contributed by atoms with Gasteiger partial charge >= 0.3 is 0 Å². The third-order valence-electron chi connectivity index (χ3n) is 3.62. The number of nitro groups is 1. The molecule has 0 unspecified atom stereocenters. The van der Waals surface area contributed by atoms with E-state index in [4.69, 9.17) is 27.6 Å². The maximum atomic E-state index is 10.7. The van der Waals surface area contributed by atoms with E-state index in [0.717, 1.165) is 0 Å². The summed E-state index contributed by atoms with van der Waals surface area (Å²) in [5, 5.41) is 21.1. The van der Waals surface area contributed by atoms with Crippen molar-refractivity contribution in [1.82, 2.24) is 0 Å². The van der Waals surface area contributed by atoms with Crippen LogP contribution in [0.5, 0.6) is 0 Å². The van der Waals surface area contributed by atoms with Crippen LogP contribution in [0, 0.1) is 21.4 Å². The van der Waals surface area contributed by atoms with E-state index in [9.17, 15) is 15.4 Å². The Balaban J connectivity index is 1.94. The van der Waals surface area contributed by atoms with Crippen molar-refractivity contribution in [2.24, 2.45) is 0 Å². The van der Waals surface area contributed by atoms with E-state index in [1.54, 1.807) is 36.4 Å². The number of furan rings is 1. The van der Waals surface area contributed by atoms with Crippen molar-refractivity contribution in [3.63, 3.8) is 0 Å². The minimum atomic E-state index is -0.493. The summed E-state index contributed by atoms with van der Waals surface area (Å²) in [6.07, 6.45) is 1.56. The fourth-order valence-corrected chi connectivity index (χ4v) is 2.73. The molecule has 128 valence electrons. The Morgan fingerprint density at radius 2 is 1.85 bits per heavy atom. The molecule has 26 heavy (non-hydrogen) atoms. The molecule has 0 atom stereocenters. The first kappa shape index (κ1) is 17.7. The minimum absolute atomic E-state index is 0.0399. The van der Waals surface area contributed by atoms with Gasteiger partial charge in [0, 0.05) is 22.7 Å². The van der Waals surface area contributed by atoms with E-state index in [1.807, 2.05) is 0 Å². The van der Waals surface area contributed by atoms with Gasteiger partial charge in [0.1, 0.15) is 11.5 Å². The number of allylic oxidation sites excluding steroid dienone is 1. The van der Waals surface area contributed by atoms with Crippen molar-refractivity contribution in [2.45, 2.75) is 0 Å². The highest BCUT2D eigenvalue weighted by molar-refractivity contribution is 6.35. The van der Waals surface area contributed by atoms with Crippen LogP contribution in [0.25, 0.3) is 23.0 Å². The lowest BCUT2D eigenvalue weighted by molar-refractivity contribution is -0.384. The van der Waals surface area contributed by atoms with Crippen LogP contribution in [0.15, 0.2) is 59.0 Å². The zero-order valence-electron chi connectivity index (χ0n) is 13.1. The van der Waals surface area contributed by atoms with Crippen LogP contribution in [0.4, 0.5) is 5.69 Å². The summed E-state index contributed by atoms with van der Waals surface area (Å²) in [4.78, 5) is 10.2. The number of hydrogen-bond donors (Lipinski definition) is 0. The Kier molecular flexibility index (Phi) is 5.08. The lowest BCUT2D eigenvalue weighted by Crippen LogP contribution is -1.88. The quantitative estimate of drug-likeness (QED) is 0.303. The fraction of sp³-hybridized carbons (Fsp3) is 0. The molecule has 0 bridgehead atoms. The van der Waals surface area contributed by atoms with Gasteiger partial charge in [-0.15, -0.1) is 0 Å². The summed E-state index contributed by atoms with van der Waals surface area (Å²) in [6, 6.07) is 16.3. The topological polar surface area (TPSA) is 80.1 Å². The zero-order valence-corrected chi connectivity index (χ0v) is 14.7. The van der Waals surface area contributed by atoms with E-state index < -0.39 is 4.92 Å². The van der Waals surface area contributed by atoms with E-state index in [2.05, 4.69) is 6.07 Å². The number of benzene rings is 2. The van der Waals surface area contributed by atoms with Crippen molar-refractivity contribution in [3.8, 4) is 17.4 Å².